The molecule has 0 aliphatic heterocycles. The van der Waals surface area contributed by atoms with Gasteiger partial charge in [-0.15, -0.1) is 0 Å². The second kappa shape index (κ2) is 4.94. The van der Waals surface area contributed by atoms with Gasteiger partial charge in [-0.05, 0) is 32.3 Å². The predicted molar refractivity (Wildman–Crippen MR) is 67.3 cm³/mol. The smallest absolute Gasteiger partial charge is 0.340 e. The van der Waals surface area contributed by atoms with Gasteiger partial charge in [0.2, 0.25) is 0 Å². The average Bonchev–Trinajstić information content (AvgIpc) is 2.85. The number of rotatable bonds is 3. The number of aryl methyl sites for hydroxylation is 2. The van der Waals surface area contributed by atoms with E-state index < -0.39 is 0 Å². The first-order valence-electron chi connectivity index (χ1n) is 6.48. The summed E-state index contributed by atoms with van der Waals surface area (Å²) in [6, 6.07) is 0. The summed E-state index contributed by atoms with van der Waals surface area (Å²) in [5.74, 6) is 0.376. The Hall–Kier alpha value is -1.25. The molecule has 1 aliphatic rings. The van der Waals surface area contributed by atoms with Crippen molar-refractivity contribution in [3.8, 4) is 0 Å². The van der Waals surface area contributed by atoms with E-state index in [0.29, 0.717) is 12.5 Å². The molecule has 1 saturated carbocycles. The van der Waals surface area contributed by atoms with E-state index in [1.54, 1.807) is 0 Å². The fourth-order valence-electron chi connectivity index (χ4n) is 2.96. The molecule has 0 N–H and O–H groups in total. The Morgan fingerprint density at radius 1 is 1.47 bits per heavy atom. The maximum absolute atomic E-state index is 12.0. The van der Waals surface area contributed by atoms with Gasteiger partial charge in [0, 0.05) is 24.9 Å². The van der Waals surface area contributed by atoms with Crippen molar-refractivity contribution in [1.82, 2.24) is 4.57 Å². The van der Waals surface area contributed by atoms with E-state index >= 15 is 0 Å². The molecule has 0 amide bonds. The zero-order chi connectivity index (χ0) is 12.4. The van der Waals surface area contributed by atoms with Crippen LogP contribution in [0.4, 0.5) is 0 Å². The topological polar surface area (TPSA) is 31.2 Å². The highest BCUT2D eigenvalue weighted by Crippen LogP contribution is 2.37. The van der Waals surface area contributed by atoms with Gasteiger partial charge in [0.15, 0.2) is 0 Å². The normalized spacial score (nSPS) is 16.4. The molecule has 3 heteroatoms. The van der Waals surface area contributed by atoms with Gasteiger partial charge in [-0.25, -0.2) is 4.79 Å². The number of hydrogen-bond donors (Lipinski definition) is 0. The van der Waals surface area contributed by atoms with Crippen LogP contribution in [0.2, 0.25) is 0 Å². The molecule has 0 bridgehead atoms. The van der Waals surface area contributed by atoms with E-state index in [9.17, 15) is 4.79 Å². The molecule has 1 fully saturated rings. The highest BCUT2D eigenvalue weighted by atomic mass is 16.5. The van der Waals surface area contributed by atoms with Gasteiger partial charge >= 0.3 is 5.97 Å². The standard InChI is InChI=1S/C14H21NO2/c1-4-17-14(16)12-10(2)9-15(3)13(12)11-7-5-6-8-11/h9,11H,4-8H2,1-3H3. The molecule has 0 atom stereocenters. The molecule has 0 radical (unpaired) electrons. The molecule has 3 nitrogen and oxygen atoms in total. The van der Waals surface area contributed by atoms with Crippen LogP contribution in [0, 0.1) is 6.92 Å². The lowest BCUT2D eigenvalue weighted by Gasteiger charge is -2.14. The van der Waals surface area contributed by atoms with Crippen molar-refractivity contribution in [2.45, 2.75) is 45.4 Å². The van der Waals surface area contributed by atoms with Gasteiger partial charge in [-0.1, -0.05) is 12.8 Å². The fraction of sp³-hybridized carbons (Fsp3) is 0.643. The van der Waals surface area contributed by atoms with Gasteiger partial charge in [0.25, 0.3) is 0 Å². The van der Waals surface area contributed by atoms with Crippen LogP contribution in [0.25, 0.3) is 0 Å². The van der Waals surface area contributed by atoms with Gasteiger partial charge in [0.05, 0.1) is 12.2 Å². The molecule has 1 aromatic rings. The first kappa shape index (κ1) is 12.2. The lowest BCUT2D eigenvalue weighted by Crippen LogP contribution is -2.11. The second-order valence-corrected chi connectivity index (χ2v) is 4.89. The summed E-state index contributed by atoms with van der Waals surface area (Å²) >= 11 is 0. The van der Waals surface area contributed by atoms with Gasteiger partial charge in [-0.2, -0.15) is 0 Å². The Labute approximate surface area is 103 Å². The zero-order valence-corrected chi connectivity index (χ0v) is 11.0. The van der Waals surface area contributed by atoms with Crippen LogP contribution in [0.1, 0.15) is 60.1 Å². The van der Waals surface area contributed by atoms with Crippen LogP contribution in [-0.2, 0) is 11.8 Å². The molecule has 1 aromatic heterocycles. The fourth-order valence-corrected chi connectivity index (χ4v) is 2.96. The van der Waals surface area contributed by atoms with E-state index in [-0.39, 0.29) is 5.97 Å². The number of esters is 1. The summed E-state index contributed by atoms with van der Waals surface area (Å²) in [4.78, 5) is 12.0. The molecule has 1 aliphatic carbocycles. The third kappa shape index (κ3) is 2.24. The van der Waals surface area contributed by atoms with Crippen LogP contribution in [-0.4, -0.2) is 17.1 Å². The number of hydrogen-bond acceptors (Lipinski definition) is 2. The molecule has 1 heterocycles. The Morgan fingerprint density at radius 2 is 2.12 bits per heavy atom. The predicted octanol–water partition coefficient (Wildman–Crippen LogP) is 3.17. The maximum Gasteiger partial charge on any atom is 0.340 e. The Morgan fingerprint density at radius 3 is 2.71 bits per heavy atom. The molecule has 94 valence electrons. The van der Waals surface area contributed by atoms with Gasteiger partial charge < -0.3 is 9.30 Å². The summed E-state index contributed by atoms with van der Waals surface area (Å²) in [6.07, 6.45) is 6.99. The number of ether oxygens (including phenoxy) is 1. The molecular formula is C14H21NO2. The summed E-state index contributed by atoms with van der Waals surface area (Å²) in [6.45, 7) is 4.29. The largest absolute Gasteiger partial charge is 0.462 e. The molecule has 0 saturated heterocycles. The minimum absolute atomic E-state index is 0.160. The van der Waals surface area contributed by atoms with Gasteiger partial charge in [0.1, 0.15) is 0 Å². The number of carbonyl (C=O) groups excluding carboxylic acids is 1. The second-order valence-electron chi connectivity index (χ2n) is 4.89. The van der Waals surface area contributed by atoms with Gasteiger partial charge in [-0.3, -0.25) is 0 Å². The first-order valence-corrected chi connectivity index (χ1v) is 6.48. The van der Waals surface area contributed by atoms with Crippen molar-refractivity contribution in [3.05, 3.63) is 23.0 Å². The average molecular weight is 235 g/mol. The van der Waals surface area contributed by atoms with Crippen LogP contribution in [0.5, 0.6) is 0 Å². The third-order valence-electron chi connectivity index (χ3n) is 3.64. The highest BCUT2D eigenvalue weighted by Gasteiger charge is 2.27. The quantitative estimate of drug-likeness (QED) is 0.753. The zero-order valence-electron chi connectivity index (χ0n) is 11.0. The number of aromatic nitrogens is 1. The summed E-state index contributed by atoms with van der Waals surface area (Å²) < 4.78 is 7.28. The Balaban J connectivity index is 2.38. The maximum atomic E-state index is 12.0. The number of carbonyl (C=O) groups is 1. The minimum atomic E-state index is -0.160. The van der Waals surface area contributed by atoms with Crippen LogP contribution < -0.4 is 0 Å². The molecular weight excluding hydrogens is 214 g/mol. The Bertz CT molecular complexity index is 414. The summed E-state index contributed by atoms with van der Waals surface area (Å²) in [5, 5.41) is 0. The van der Waals surface area contributed by atoms with E-state index in [1.165, 1.54) is 31.4 Å². The minimum Gasteiger partial charge on any atom is -0.462 e. The SMILES string of the molecule is CCOC(=O)c1c(C)cn(C)c1C1CCCC1. The van der Waals surface area contributed by atoms with Crippen molar-refractivity contribution in [3.63, 3.8) is 0 Å². The third-order valence-corrected chi connectivity index (χ3v) is 3.64. The molecule has 2 rings (SSSR count). The van der Waals surface area contributed by atoms with Crippen LogP contribution in [0.15, 0.2) is 6.20 Å². The first-order chi connectivity index (χ1) is 8.15. The van der Waals surface area contributed by atoms with Crippen molar-refractivity contribution in [1.29, 1.82) is 0 Å². The van der Waals surface area contributed by atoms with Crippen molar-refractivity contribution >= 4 is 5.97 Å². The molecule has 17 heavy (non-hydrogen) atoms. The van der Waals surface area contributed by atoms with Crippen LogP contribution in [0.3, 0.4) is 0 Å². The molecule has 0 spiro atoms. The molecule has 0 aromatic carbocycles. The van der Waals surface area contributed by atoms with Crippen molar-refractivity contribution in [2.75, 3.05) is 6.61 Å². The number of nitrogens with zero attached hydrogens (tertiary/aromatic N) is 1. The van der Waals surface area contributed by atoms with Crippen molar-refractivity contribution in [2.24, 2.45) is 7.05 Å². The van der Waals surface area contributed by atoms with Crippen LogP contribution >= 0.6 is 0 Å². The monoisotopic (exact) mass is 235 g/mol. The van der Waals surface area contributed by atoms with E-state index in [1.807, 2.05) is 27.1 Å². The Kier molecular flexibility index (Phi) is 3.55. The summed E-state index contributed by atoms with van der Waals surface area (Å²) in [7, 11) is 2.03. The van der Waals surface area contributed by atoms with Crippen molar-refractivity contribution < 1.29 is 9.53 Å². The van der Waals surface area contributed by atoms with E-state index in [0.717, 1.165) is 11.1 Å². The lowest BCUT2D eigenvalue weighted by atomic mass is 9.98. The van der Waals surface area contributed by atoms with E-state index in [2.05, 4.69) is 4.57 Å². The molecule has 0 unspecified atom stereocenters. The lowest BCUT2D eigenvalue weighted by molar-refractivity contribution is 0.0523. The van der Waals surface area contributed by atoms with E-state index in [4.69, 9.17) is 4.74 Å². The summed E-state index contributed by atoms with van der Waals surface area (Å²) in [5.41, 5.74) is 3.02. The highest BCUT2D eigenvalue weighted by molar-refractivity contribution is 5.92.